The van der Waals surface area contributed by atoms with Crippen LogP contribution < -0.4 is 0 Å². The molecule has 130 valence electrons. The van der Waals surface area contributed by atoms with Gasteiger partial charge < -0.3 is 24.1 Å². The van der Waals surface area contributed by atoms with Crippen LogP contribution in [-0.2, 0) is 23.7 Å². The van der Waals surface area contributed by atoms with Crippen molar-refractivity contribution in [2.45, 2.75) is 30.9 Å². The number of hydrogen-bond acceptors (Lipinski definition) is 5. The minimum absolute atomic E-state index is 0.249. The molecule has 2 fully saturated rings. The number of carboxylic acid groups (broad SMARTS) is 1. The van der Waals surface area contributed by atoms with E-state index in [0.717, 1.165) is 11.1 Å². The molecule has 5 atom stereocenters. The Kier molecular flexibility index (Phi) is 4.50. The number of aliphatic carboxylic acids is 1. The Morgan fingerprint density at radius 3 is 2.04 bits per heavy atom. The van der Waals surface area contributed by atoms with Crippen molar-refractivity contribution in [2.24, 2.45) is 0 Å². The summed E-state index contributed by atoms with van der Waals surface area (Å²) < 4.78 is 23.1. The Morgan fingerprint density at radius 1 is 0.840 bits per heavy atom. The van der Waals surface area contributed by atoms with Crippen molar-refractivity contribution in [3.63, 3.8) is 0 Å². The Morgan fingerprint density at radius 2 is 1.44 bits per heavy atom. The molecule has 0 spiro atoms. The standard InChI is InChI=1S/C19H18O6/c20-17(21)16-15(24-19(25-16)13-9-5-2-6-10-13)14-11-22-18(23-14)12-7-3-1-4-8-12/h1-10,14-16,18-19H,11H2,(H,20,21)/t14-,15-,16+,18?,19?/m1/s1. The Bertz CT molecular complexity index is 719. The first-order valence-corrected chi connectivity index (χ1v) is 8.13. The van der Waals surface area contributed by atoms with E-state index in [2.05, 4.69) is 0 Å². The fraction of sp³-hybridized carbons (Fsp3) is 0.316. The van der Waals surface area contributed by atoms with Gasteiger partial charge in [0, 0.05) is 11.1 Å². The fourth-order valence-corrected chi connectivity index (χ4v) is 3.08. The van der Waals surface area contributed by atoms with Gasteiger partial charge in [0.25, 0.3) is 0 Å². The van der Waals surface area contributed by atoms with Gasteiger partial charge in [-0.15, -0.1) is 0 Å². The maximum atomic E-state index is 11.6. The minimum atomic E-state index is -1.10. The van der Waals surface area contributed by atoms with Crippen LogP contribution >= 0.6 is 0 Å². The van der Waals surface area contributed by atoms with Crippen LogP contribution in [0.25, 0.3) is 0 Å². The summed E-state index contributed by atoms with van der Waals surface area (Å²) >= 11 is 0. The summed E-state index contributed by atoms with van der Waals surface area (Å²) in [5.41, 5.74) is 1.66. The second-order valence-electron chi connectivity index (χ2n) is 5.99. The number of ether oxygens (including phenoxy) is 4. The van der Waals surface area contributed by atoms with Gasteiger partial charge in [0.2, 0.25) is 0 Å². The third-order valence-corrected chi connectivity index (χ3v) is 4.31. The van der Waals surface area contributed by atoms with E-state index in [1.54, 1.807) is 0 Å². The molecule has 1 N–H and O–H groups in total. The molecule has 0 aliphatic carbocycles. The average Bonchev–Trinajstić information content (AvgIpc) is 3.30. The van der Waals surface area contributed by atoms with E-state index >= 15 is 0 Å². The monoisotopic (exact) mass is 342 g/mol. The zero-order valence-corrected chi connectivity index (χ0v) is 13.4. The van der Waals surface area contributed by atoms with Crippen LogP contribution in [-0.4, -0.2) is 36.0 Å². The zero-order valence-electron chi connectivity index (χ0n) is 13.4. The summed E-state index contributed by atoms with van der Waals surface area (Å²) in [6.07, 6.45) is -3.61. The van der Waals surface area contributed by atoms with Crippen LogP contribution in [0.1, 0.15) is 23.7 Å². The third-order valence-electron chi connectivity index (χ3n) is 4.31. The first-order valence-electron chi connectivity index (χ1n) is 8.13. The lowest BCUT2D eigenvalue weighted by Gasteiger charge is -2.19. The fourth-order valence-electron chi connectivity index (χ4n) is 3.08. The average molecular weight is 342 g/mol. The van der Waals surface area contributed by atoms with Gasteiger partial charge in [-0.05, 0) is 0 Å². The van der Waals surface area contributed by atoms with E-state index < -0.39 is 36.9 Å². The molecule has 2 aliphatic heterocycles. The summed E-state index contributed by atoms with van der Waals surface area (Å²) in [5.74, 6) is -1.07. The summed E-state index contributed by atoms with van der Waals surface area (Å²) in [7, 11) is 0. The van der Waals surface area contributed by atoms with E-state index in [4.69, 9.17) is 18.9 Å². The second-order valence-corrected chi connectivity index (χ2v) is 5.99. The molecule has 2 heterocycles. The molecule has 0 amide bonds. The molecule has 25 heavy (non-hydrogen) atoms. The zero-order chi connectivity index (χ0) is 17.2. The van der Waals surface area contributed by atoms with E-state index in [-0.39, 0.29) is 6.61 Å². The van der Waals surface area contributed by atoms with Gasteiger partial charge in [-0.1, -0.05) is 60.7 Å². The van der Waals surface area contributed by atoms with Crippen LogP contribution in [0.3, 0.4) is 0 Å². The molecule has 2 saturated heterocycles. The summed E-state index contributed by atoms with van der Waals surface area (Å²) in [6.45, 7) is 0.249. The summed E-state index contributed by atoms with van der Waals surface area (Å²) in [4.78, 5) is 11.6. The van der Waals surface area contributed by atoms with Gasteiger partial charge in [-0.3, -0.25) is 0 Å². The lowest BCUT2D eigenvalue weighted by atomic mass is 10.1. The number of carbonyl (C=O) groups is 1. The van der Waals surface area contributed by atoms with Gasteiger partial charge in [0.1, 0.15) is 12.2 Å². The molecule has 2 aromatic carbocycles. The molecular formula is C19H18O6. The first kappa shape index (κ1) is 16.2. The largest absolute Gasteiger partial charge is 0.479 e. The predicted molar refractivity (Wildman–Crippen MR) is 86.6 cm³/mol. The van der Waals surface area contributed by atoms with Gasteiger partial charge in [0.05, 0.1) is 6.61 Å². The van der Waals surface area contributed by atoms with Crippen molar-refractivity contribution in [1.82, 2.24) is 0 Å². The van der Waals surface area contributed by atoms with Crippen molar-refractivity contribution in [2.75, 3.05) is 6.61 Å². The maximum Gasteiger partial charge on any atom is 0.335 e. The molecule has 0 aromatic heterocycles. The van der Waals surface area contributed by atoms with Crippen molar-refractivity contribution >= 4 is 5.97 Å². The van der Waals surface area contributed by atoms with E-state index in [1.807, 2.05) is 60.7 Å². The number of carboxylic acids is 1. The SMILES string of the molecule is O=C(O)[C@H]1OC(c2ccccc2)O[C@@H]1[C@H]1COC(c2ccccc2)O1. The van der Waals surface area contributed by atoms with E-state index in [1.165, 1.54) is 0 Å². The van der Waals surface area contributed by atoms with Gasteiger partial charge in [-0.2, -0.15) is 0 Å². The van der Waals surface area contributed by atoms with E-state index in [9.17, 15) is 9.90 Å². The summed E-state index contributed by atoms with van der Waals surface area (Å²) in [5, 5.41) is 9.49. The highest BCUT2D eigenvalue weighted by molar-refractivity contribution is 5.73. The number of hydrogen-bond donors (Lipinski definition) is 1. The quantitative estimate of drug-likeness (QED) is 0.921. The molecule has 0 radical (unpaired) electrons. The Labute approximate surface area is 144 Å². The van der Waals surface area contributed by atoms with Crippen LogP contribution in [0.15, 0.2) is 60.7 Å². The van der Waals surface area contributed by atoms with Crippen molar-refractivity contribution in [3.8, 4) is 0 Å². The van der Waals surface area contributed by atoms with Crippen molar-refractivity contribution in [3.05, 3.63) is 71.8 Å². The van der Waals surface area contributed by atoms with Crippen LogP contribution in [0.2, 0.25) is 0 Å². The molecular weight excluding hydrogens is 324 g/mol. The number of rotatable bonds is 4. The molecule has 2 unspecified atom stereocenters. The van der Waals surface area contributed by atoms with Gasteiger partial charge in [0.15, 0.2) is 18.7 Å². The number of benzene rings is 2. The second kappa shape index (κ2) is 6.93. The molecule has 4 rings (SSSR count). The Balaban J connectivity index is 1.50. The van der Waals surface area contributed by atoms with Crippen molar-refractivity contribution < 1.29 is 28.8 Å². The predicted octanol–water partition coefficient (Wildman–Crippen LogP) is 2.67. The van der Waals surface area contributed by atoms with Crippen molar-refractivity contribution in [1.29, 1.82) is 0 Å². The highest BCUT2D eigenvalue weighted by atomic mass is 16.8. The molecule has 6 heteroatoms. The smallest absolute Gasteiger partial charge is 0.335 e. The summed E-state index contributed by atoms with van der Waals surface area (Å²) in [6, 6.07) is 18.8. The normalized spacial score (nSPS) is 31.9. The highest BCUT2D eigenvalue weighted by Gasteiger charge is 2.49. The minimum Gasteiger partial charge on any atom is -0.479 e. The maximum absolute atomic E-state index is 11.6. The first-order chi connectivity index (χ1) is 12.2. The Hall–Kier alpha value is -2.25. The topological polar surface area (TPSA) is 74.2 Å². The van der Waals surface area contributed by atoms with Crippen LogP contribution in [0.5, 0.6) is 0 Å². The highest BCUT2D eigenvalue weighted by Crippen LogP contribution is 2.37. The molecule has 0 bridgehead atoms. The van der Waals surface area contributed by atoms with E-state index in [0.29, 0.717) is 0 Å². The third kappa shape index (κ3) is 3.29. The van der Waals surface area contributed by atoms with Crippen LogP contribution in [0, 0.1) is 0 Å². The van der Waals surface area contributed by atoms with Gasteiger partial charge >= 0.3 is 5.97 Å². The van der Waals surface area contributed by atoms with Crippen LogP contribution in [0.4, 0.5) is 0 Å². The lowest BCUT2D eigenvalue weighted by Crippen LogP contribution is -2.41. The lowest BCUT2D eigenvalue weighted by molar-refractivity contribution is -0.152. The molecule has 2 aromatic rings. The molecule has 6 nitrogen and oxygen atoms in total. The molecule has 2 aliphatic rings. The molecule has 0 saturated carbocycles. The van der Waals surface area contributed by atoms with Gasteiger partial charge in [-0.25, -0.2) is 4.79 Å².